The normalized spacial score (nSPS) is 20.6. The monoisotopic (exact) mass is 289 g/mol. The van der Waals surface area contributed by atoms with Crippen molar-refractivity contribution in [3.63, 3.8) is 0 Å². The molecule has 1 unspecified atom stereocenters. The average Bonchev–Trinajstić information content (AvgIpc) is 2.39. The predicted octanol–water partition coefficient (Wildman–Crippen LogP) is 4.41. The maximum atomic E-state index is 6.09. The minimum Gasteiger partial charge on any atom is -0.369 e. The molecule has 1 aromatic rings. The van der Waals surface area contributed by atoms with E-state index in [2.05, 4.69) is 23.6 Å². The molecule has 0 amide bonds. The Morgan fingerprint density at radius 1 is 1.47 bits per heavy atom. The summed E-state index contributed by atoms with van der Waals surface area (Å²) in [6.07, 6.45) is 1.22. The summed E-state index contributed by atoms with van der Waals surface area (Å²) in [6, 6.07) is 5.99. The Morgan fingerprint density at radius 2 is 2.29 bits per heavy atom. The molecule has 1 heterocycles. The lowest BCUT2D eigenvalue weighted by atomic mass is 10.1. The van der Waals surface area contributed by atoms with E-state index in [0.717, 1.165) is 23.4 Å². The van der Waals surface area contributed by atoms with E-state index in [1.807, 2.05) is 18.2 Å². The van der Waals surface area contributed by atoms with Crippen molar-refractivity contribution in [2.45, 2.75) is 24.5 Å². The molecular weight excluding hydrogens is 273 g/mol. The number of hydrogen-bond donors (Lipinski definition) is 0. The van der Waals surface area contributed by atoms with Crippen LogP contribution in [-0.4, -0.2) is 24.1 Å². The molecule has 4 heteroatoms. The highest BCUT2D eigenvalue weighted by atomic mass is 35.5. The van der Waals surface area contributed by atoms with Crippen LogP contribution in [0, 0.1) is 0 Å². The SMILES string of the molecule is CCC1CN(c2cc(Cl)ccc2CCl)CCS1. The van der Waals surface area contributed by atoms with E-state index in [4.69, 9.17) is 23.2 Å². The minimum absolute atomic E-state index is 0.549. The van der Waals surface area contributed by atoms with Crippen molar-refractivity contribution in [1.29, 1.82) is 0 Å². The lowest BCUT2D eigenvalue weighted by Crippen LogP contribution is -2.38. The molecule has 0 radical (unpaired) electrons. The molecule has 1 aromatic carbocycles. The Morgan fingerprint density at radius 3 is 3.00 bits per heavy atom. The van der Waals surface area contributed by atoms with E-state index in [-0.39, 0.29) is 0 Å². The van der Waals surface area contributed by atoms with E-state index < -0.39 is 0 Å². The van der Waals surface area contributed by atoms with Crippen LogP contribution in [0.15, 0.2) is 18.2 Å². The van der Waals surface area contributed by atoms with Gasteiger partial charge in [0.2, 0.25) is 0 Å². The molecule has 1 aliphatic heterocycles. The summed E-state index contributed by atoms with van der Waals surface area (Å²) < 4.78 is 0. The highest BCUT2D eigenvalue weighted by molar-refractivity contribution is 8.00. The zero-order chi connectivity index (χ0) is 12.3. The third-order valence-corrected chi connectivity index (χ3v) is 5.02. The van der Waals surface area contributed by atoms with E-state index in [1.54, 1.807) is 0 Å². The van der Waals surface area contributed by atoms with Crippen LogP contribution in [0.3, 0.4) is 0 Å². The molecule has 0 spiro atoms. The smallest absolute Gasteiger partial charge is 0.0494 e. The number of benzene rings is 1. The average molecular weight is 290 g/mol. The number of alkyl halides is 1. The van der Waals surface area contributed by atoms with Crippen molar-refractivity contribution in [2.75, 3.05) is 23.7 Å². The first-order chi connectivity index (χ1) is 8.24. The lowest BCUT2D eigenvalue weighted by Gasteiger charge is -2.34. The fourth-order valence-corrected chi connectivity index (χ4v) is 3.70. The van der Waals surface area contributed by atoms with Gasteiger partial charge < -0.3 is 4.90 Å². The first-order valence-corrected chi connectivity index (χ1v) is 7.91. The van der Waals surface area contributed by atoms with Crippen LogP contribution >= 0.6 is 35.0 Å². The molecule has 1 fully saturated rings. The van der Waals surface area contributed by atoms with Gasteiger partial charge in [-0.2, -0.15) is 11.8 Å². The maximum absolute atomic E-state index is 6.09. The summed E-state index contributed by atoms with van der Waals surface area (Å²) in [5, 5.41) is 1.52. The first kappa shape index (κ1) is 13.4. The van der Waals surface area contributed by atoms with E-state index in [0.29, 0.717) is 5.88 Å². The molecule has 0 saturated carbocycles. The predicted molar refractivity (Wildman–Crippen MR) is 79.8 cm³/mol. The van der Waals surface area contributed by atoms with Crippen LogP contribution in [0.4, 0.5) is 5.69 Å². The number of thioether (sulfide) groups is 1. The van der Waals surface area contributed by atoms with Gasteiger partial charge in [-0.25, -0.2) is 0 Å². The summed E-state index contributed by atoms with van der Waals surface area (Å²) in [7, 11) is 0. The molecule has 94 valence electrons. The highest BCUT2D eigenvalue weighted by Crippen LogP contribution is 2.31. The summed E-state index contributed by atoms with van der Waals surface area (Å²) in [5.74, 6) is 1.74. The van der Waals surface area contributed by atoms with Gasteiger partial charge in [0.05, 0.1) is 0 Å². The van der Waals surface area contributed by atoms with Gasteiger partial charge in [0.15, 0.2) is 0 Å². The van der Waals surface area contributed by atoms with Gasteiger partial charge in [0, 0.05) is 40.7 Å². The fraction of sp³-hybridized carbons (Fsp3) is 0.538. The molecule has 1 aliphatic rings. The van der Waals surface area contributed by atoms with Gasteiger partial charge in [-0.05, 0) is 24.1 Å². The van der Waals surface area contributed by atoms with Crippen LogP contribution in [-0.2, 0) is 5.88 Å². The number of hydrogen-bond acceptors (Lipinski definition) is 2. The molecule has 17 heavy (non-hydrogen) atoms. The molecule has 0 N–H and O–H groups in total. The topological polar surface area (TPSA) is 3.24 Å². The summed E-state index contributed by atoms with van der Waals surface area (Å²) in [5.41, 5.74) is 2.39. The van der Waals surface area contributed by atoms with E-state index in [1.165, 1.54) is 23.4 Å². The Balaban J connectivity index is 2.22. The molecule has 0 bridgehead atoms. The second kappa shape index (κ2) is 6.21. The maximum Gasteiger partial charge on any atom is 0.0494 e. The van der Waals surface area contributed by atoms with Crippen LogP contribution in [0.5, 0.6) is 0 Å². The quantitative estimate of drug-likeness (QED) is 0.759. The Labute approximate surface area is 117 Å². The Kier molecular flexibility index (Phi) is 4.89. The lowest BCUT2D eigenvalue weighted by molar-refractivity contribution is 0.726. The number of halogens is 2. The van der Waals surface area contributed by atoms with Crippen LogP contribution in [0.25, 0.3) is 0 Å². The van der Waals surface area contributed by atoms with Crippen LogP contribution in [0.1, 0.15) is 18.9 Å². The minimum atomic E-state index is 0.549. The van der Waals surface area contributed by atoms with Crippen molar-refractivity contribution in [1.82, 2.24) is 0 Å². The largest absolute Gasteiger partial charge is 0.369 e. The van der Waals surface area contributed by atoms with Crippen molar-refractivity contribution in [3.8, 4) is 0 Å². The van der Waals surface area contributed by atoms with E-state index in [9.17, 15) is 0 Å². The zero-order valence-electron chi connectivity index (χ0n) is 9.96. The standard InChI is InChI=1S/C13H17Cl2NS/c1-2-12-9-16(5-6-17-12)13-7-11(15)4-3-10(13)8-14/h3-4,7,12H,2,5-6,8-9H2,1H3. The second-order valence-electron chi connectivity index (χ2n) is 4.25. The third-order valence-electron chi connectivity index (χ3n) is 3.13. The molecular formula is C13H17Cl2NS. The molecule has 0 aliphatic carbocycles. The van der Waals surface area contributed by atoms with Gasteiger partial charge in [-0.3, -0.25) is 0 Å². The number of nitrogens with zero attached hydrogens (tertiary/aromatic N) is 1. The highest BCUT2D eigenvalue weighted by Gasteiger charge is 2.20. The molecule has 0 aromatic heterocycles. The molecule has 1 saturated heterocycles. The van der Waals surface area contributed by atoms with Gasteiger partial charge in [0.25, 0.3) is 0 Å². The first-order valence-electron chi connectivity index (χ1n) is 5.95. The fourth-order valence-electron chi connectivity index (χ4n) is 2.13. The Hall–Kier alpha value is -0.0500. The Bertz CT molecular complexity index is 384. The second-order valence-corrected chi connectivity index (χ2v) is 6.37. The van der Waals surface area contributed by atoms with Gasteiger partial charge in [-0.1, -0.05) is 24.6 Å². The van der Waals surface area contributed by atoms with Gasteiger partial charge in [-0.15, -0.1) is 11.6 Å². The van der Waals surface area contributed by atoms with Crippen LogP contribution < -0.4 is 4.90 Å². The van der Waals surface area contributed by atoms with Crippen molar-refractivity contribution in [3.05, 3.63) is 28.8 Å². The number of rotatable bonds is 3. The van der Waals surface area contributed by atoms with Crippen molar-refractivity contribution >= 4 is 40.7 Å². The number of anilines is 1. The van der Waals surface area contributed by atoms with Gasteiger partial charge >= 0.3 is 0 Å². The summed E-state index contributed by atoms with van der Waals surface area (Å²) >= 11 is 14.2. The summed E-state index contributed by atoms with van der Waals surface area (Å²) in [4.78, 5) is 2.42. The third kappa shape index (κ3) is 3.24. The molecule has 1 nitrogen and oxygen atoms in total. The molecule has 2 rings (SSSR count). The van der Waals surface area contributed by atoms with E-state index >= 15 is 0 Å². The molecule has 1 atom stereocenters. The van der Waals surface area contributed by atoms with Crippen LogP contribution in [0.2, 0.25) is 5.02 Å². The van der Waals surface area contributed by atoms with Crippen molar-refractivity contribution < 1.29 is 0 Å². The zero-order valence-corrected chi connectivity index (χ0v) is 12.3. The van der Waals surface area contributed by atoms with Gasteiger partial charge in [0.1, 0.15) is 0 Å². The van der Waals surface area contributed by atoms with Crippen molar-refractivity contribution in [2.24, 2.45) is 0 Å². The summed E-state index contributed by atoms with van der Waals surface area (Å²) in [6.45, 7) is 4.44.